The lowest BCUT2D eigenvalue weighted by Crippen LogP contribution is -2.23. The van der Waals surface area contributed by atoms with E-state index in [1.165, 1.54) is 12.1 Å². The fourth-order valence-corrected chi connectivity index (χ4v) is 3.59. The summed E-state index contributed by atoms with van der Waals surface area (Å²) in [6.07, 6.45) is 0.0114. The molecule has 27 heavy (non-hydrogen) atoms. The topological polar surface area (TPSA) is 21.6 Å². The van der Waals surface area contributed by atoms with Crippen LogP contribution in [0.2, 0.25) is 10.0 Å². The molecule has 3 rings (SSSR count). The summed E-state index contributed by atoms with van der Waals surface area (Å²) in [7, 11) is 0. The Labute approximate surface area is 165 Å². The van der Waals surface area contributed by atoms with Gasteiger partial charge in [-0.1, -0.05) is 47.6 Å². The zero-order chi connectivity index (χ0) is 19.4. The summed E-state index contributed by atoms with van der Waals surface area (Å²) >= 11 is 11.9. The Balaban J connectivity index is 2.03. The summed E-state index contributed by atoms with van der Waals surface area (Å²) < 4.78 is 40.7. The number of hydrogen-bond donors (Lipinski definition) is 0. The molecular weight excluding hydrogens is 398 g/mol. The van der Waals surface area contributed by atoms with Gasteiger partial charge in [0.15, 0.2) is 5.75 Å². The smallest absolute Gasteiger partial charge is 0.357 e. The van der Waals surface area contributed by atoms with Crippen LogP contribution in [0.1, 0.15) is 43.2 Å². The quantitative estimate of drug-likeness (QED) is 0.377. The van der Waals surface area contributed by atoms with E-state index in [2.05, 4.69) is 5.16 Å². The molecule has 0 radical (unpaired) electrons. The molecule has 0 amide bonds. The molecule has 7 heteroatoms. The molecule has 0 bridgehead atoms. The molecule has 0 unspecified atom stereocenters. The third-order valence-electron chi connectivity index (χ3n) is 4.62. The van der Waals surface area contributed by atoms with Crippen molar-refractivity contribution in [1.82, 2.24) is 0 Å². The first kappa shape index (κ1) is 20.0. The second kappa shape index (κ2) is 8.53. The summed E-state index contributed by atoms with van der Waals surface area (Å²) in [5.74, 6) is 0.300. The van der Waals surface area contributed by atoms with Crippen molar-refractivity contribution < 1.29 is 18.0 Å². The van der Waals surface area contributed by atoms with E-state index in [9.17, 15) is 13.2 Å². The van der Waals surface area contributed by atoms with Gasteiger partial charge < -0.3 is 4.84 Å². The number of alkyl halides is 3. The average Bonchev–Trinajstić information content (AvgIpc) is 2.63. The Bertz CT molecular complexity index is 813. The Hall–Kier alpha value is -1.72. The lowest BCUT2D eigenvalue weighted by atomic mass is 9.82. The molecule has 0 aliphatic heterocycles. The molecule has 144 valence electrons. The number of rotatable bonds is 4. The molecule has 0 heterocycles. The highest BCUT2D eigenvalue weighted by Gasteiger charge is 2.36. The molecule has 2 nitrogen and oxygen atoms in total. The van der Waals surface area contributed by atoms with Crippen molar-refractivity contribution in [2.45, 2.75) is 38.3 Å². The van der Waals surface area contributed by atoms with Crippen LogP contribution in [-0.4, -0.2) is 5.71 Å². The van der Waals surface area contributed by atoms with Gasteiger partial charge in [-0.25, -0.2) is 0 Å². The highest BCUT2D eigenvalue weighted by Crippen LogP contribution is 2.37. The maximum atomic E-state index is 13.6. The van der Waals surface area contributed by atoms with E-state index in [0.29, 0.717) is 16.5 Å². The standard InChI is InChI=1S/C20H18Cl2F3NO/c21-14-6-9-16(10-7-14)27-26-19(13-4-2-1-3-5-13)17-12-15(22)8-11-18(17)20(23,24)25/h6-13H,1-5H2. The Morgan fingerprint density at radius 3 is 2.19 bits per heavy atom. The van der Waals surface area contributed by atoms with Crippen LogP contribution in [0, 0.1) is 5.92 Å². The molecule has 0 saturated heterocycles. The molecule has 1 fully saturated rings. The van der Waals surface area contributed by atoms with Gasteiger partial charge in [0.25, 0.3) is 0 Å². The highest BCUT2D eigenvalue weighted by molar-refractivity contribution is 6.31. The molecule has 1 saturated carbocycles. The third kappa shape index (κ3) is 5.17. The zero-order valence-electron chi connectivity index (χ0n) is 14.4. The van der Waals surface area contributed by atoms with E-state index >= 15 is 0 Å². The second-order valence-corrected chi connectivity index (χ2v) is 7.42. The number of halogens is 5. The fraction of sp³-hybridized carbons (Fsp3) is 0.350. The van der Waals surface area contributed by atoms with Gasteiger partial charge in [-0.3, -0.25) is 0 Å². The van der Waals surface area contributed by atoms with Crippen LogP contribution >= 0.6 is 23.2 Å². The van der Waals surface area contributed by atoms with Crippen molar-refractivity contribution in [3.8, 4) is 5.75 Å². The van der Waals surface area contributed by atoms with Crippen molar-refractivity contribution in [1.29, 1.82) is 0 Å². The molecule has 0 atom stereocenters. The zero-order valence-corrected chi connectivity index (χ0v) is 15.9. The predicted octanol–water partition coefficient (Wildman–Crippen LogP) is 7.38. The minimum Gasteiger partial charge on any atom is -0.357 e. The Kier molecular flexibility index (Phi) is 6.33. The van der Waals surface area contributed by atoms with Crippen LogP contribution < -0.4 is 4.84 Å². The normalized spacial score (nSPS) is 16.4. The lowest BCUT2D eigenvalue weighted by Gasteiger charge is -2.25. The molecule has 0 N–H and O–H groups in total. The molecule has 1 aliphatic rings. The van der Waals surface area contributed by atoms with Crippen LogP contribution in [0.4, 0.5) is 13.2 Å². The van der Waals surface area contributed by atoms with Crippen LogP contribution in [0.15, 0.2) is 47.6 Å². The van der Waals surface area contributed by atoms with E-state index in [4.69, 9.17) is 28.0 Å². The minimum absolute atomic E-state index is 0.0177. The fourth-order valence-electron chi connectivity index (χ4n) is 3.29. The van der Waals surface area contributed by atoms with Crippen molar-refractivity contribution in [3.63, 3.8) is 0 Å². The van der Waals surface area contributed by atoms with Crippen molar-refractivity contribution in [2.75, 3.05) is 0 Å². The molecular formula is C20H18Cl2F3NO. The van der Waals surface area contributed by atoms with Crippen LogP contribution in [0.3, 0.4) is 0 Å². The maximum absolute atomic E-state index is 13.6. The molecule has 2 aromatic carbocycles. The maximum Gasteiger partial charge on any atom is 0.417 e. The van der Waals surface area contributed by atoms with Gasteiger partial charge in [0.05, 0.1) is 11.3 Å². The second-order valence-electron chi connectivity index (χ2n) is 6.54. The van der Waals surface area contributed by atoms with Crippen LogP contribution in [0.5, 0.6) is 5.75 Å². The number of nitrogens with zero attached hydrogens (tertiary/aromatic N) is 1. The molecule has 2 aromatic rings. The molecule has 1 aliphatic carbocycles. The first-order chi connectivity index (χ1) is 12.8. The van der Waals surface area contributed by atoms with E-state index < -0.39 is 11.7 Å². The summed E-state index contributed by atoms with van der Waals surface area (Å²) in [5, 5.41) is 4.91. The van der Waals surface area contributed by atoms with E-state index in [0.717, 1.165) is 38.2 Å². The van der Waals surface area contributed by atoms with E-state index in [1.54, 1.807) is 24.3 Å². The van der Waals surface area contributed by atoms with Gasteiger partial charge in [0, 0.05) is 21.5 Å². The van der Waals surface area contributed by atoms with Crippen LogP contribution in [0.25, 0.3) is 0 Å². The largest absolute Gasteiger partial charge is 0.417 e. The van der Waals surface area contributed by atoms with Gasteiger partial charge in [-0.15, -0.1) is 0 Å². The third-order valence-corrected chi connectivity index (χ3v) is 5.10. The van der Waals surface area contributed by atoms with Gasteiger partial charge in [0.2, 0.25) is 0 Å². The van der Waals surface area contributed by atoms with Gasteiger partial charge in [-0.2, -0.15) is 13.2 Å². The Morgan fingerprint density at radius 2 is 1.56 bits per heavy atom. The summed E-state index contributed by atoms with van der Waals surface area (Å²) in [5.41, 5.74) is -0.480. The molecule has 0 spiro atoms. The Morgan fingerprint density at radius 1 is 0.926 bits per heavy atom. The summed E-state index contributed by atoms with van der Waals surface area (Å²) in [6, 6.07) is 10.1. The monoisotopic (exact) mass is 415 g/mol. The predicted molar refractivity (Wildman–Crippen MR) is 102 cm³/mol. The van der Waals surface area contributed by atoms with E-state index in [-0.39, 0.29) is 16.5 Å². The SMILES string of the molecule is FC(F)(F)c1ccc(Cl)cc1C(=NOc1ccc(Cl)cc1)C1CCCCC1. The van der Waals surface area contributed by atoms with Gasteiger partial charge in [0.1, 0.15) is 0 Å². The van der Waals surface area contributed by atoms with Gasteiger partial charge >= 0.3 is 6.18 Å². The number of benzene rings is 2. The summed E-state index contributed by atoms with van der Waals surface area (Å²) in [4.78, 5) is 5.46. The van der Waals surface area contributed by atoms with Crippen LogP contribution in [-0.2, 0) is 6.18 Å². The van der Waals surface area contributed by atoms with Crippen molar-refractivity contribution in [3.05, 3.63) is 63.6 Å². The average molecular weight is 416 g/mol. The molecule has 0 aromatic heterocycles. The van der Waals surface area contributed by atoms with Gasteiger partial charge in [-0.05, 0) is 55.3 Å². The van der Waals surface area contributed by atoms with Crippen molar-refractivity contribution in [2.24, 2.45) is 11.1 Å². The first-order valence-electron chi connectivity index (χ1n) is 8.72. The number of oxime groups is 1. The van der Waals surface area contributed by atoms with E-state index in [1.807, 2.05) is 0 Å². The minimum atomic E-state index is -4.50. The summed E-state index contributed by atoms with van der Waals surface area (Å²) in [6.45, 7) is 0. The first-order valence-corrected chi connectivity index (χ1v) is 9.48. The van der Waals surface area contributed by atoms with Crippen molar-refractivity contribution >= 4 is 28.9 Å². The number of hydrogen-bond acceptors (Lipinski definition) is 2. The lowest BCUT2D eigenvalue weighted by molar-refractivity contribution is -0.137. The highest BCUT2D eigenvalue weighted by atomic mass is 35.5.